The Bertz CT molecular complexity index is 608. The summed E-state index contributed by atoms with van der Waals surface area (Å²) >= 11 is 0. The van der Waals surface area contributed by atoms with E-state index in [-0.39, 0.29) is 18.2 Å². The minimum atomic E-state index is -4.41. The number of nitrogen functional groups attached to an aromatic ring is 1. The van der Waals surface area contributed by atoms with Crippen molar-refractivity contribution in [1.29, 1.82) is 0 Å². The Hall–Kier alpha value is -1.70. The topological polar surface area (TPSA) is 54.0 Å². The van der Waals surface area contributed by atoms with Gasteiger partial charge in [0.2, 0.25) is 0 Å². The second kappa shape index (κ2) is 5.74. The summed E-state index contributed by atoms with van der Waals surface area (Å²) in [5, 5.41) is 6.49. The van der Waals surface area contributed by atoms with Crippen LogP contribution in [0.4, 0.5) is 23.2 Å². The van der Waals surface area contributed by atoms with Crippen LogP contribution in [-0.2, 0) is 6.54 Å². The number of hydrogen-bond donors (Lipinski definition) is 1. The lowest BCUT2D eigenvalue weighted by Gasteiger charge is -2.34. The van der Waals surface area contributed by atoms with E-state index in [0.717, 1.165) is 19.4 Å². The van der Waals surface area contributed by atoms with Crippen LogP contribution in [-0.4, -0.2) is 29.8 Å². The molecular formula is C15H18F4N4. The molecule has 1 aromatic rings. The van der Waals surface area contributed by atoms with Gasteiger partial charge in [-0.3, -0.25) is 4.90 Å². The quantitative estimate of drug-likeness (QED) is 0.675. The van der Waals surface area contributed by atoms with Crippen molar-refractivity contribution in [3.63, 3.8) is 0 Å². The molecule has 1 atom stereocenters. The molecule has 4 nitrogen and oxygen atoms in total. The van der Waals surface area contributed by atoms with E-state index in [1.807, 2.05) is 4.90 Å². The smallest absolute Gasteiger partial charge is 0.398 e. The number of nitrogens with zero attached hydrogens (tertiary/aromatic N) is 3. The van der Waals surface area contributed by atoms with E-state index in [1.165, 1.54) is 18.2 Å². The third kappa shape index (κ3) is 3.46. The second-order valence-electron chi connectivity index (χ2n) is 6.30. The zero-order valence-electron chi connectivity index (χ0n) is 12.5. The lowest BCUT2D eigenvalue weighted by Crippen LogP contribution is -2.41. The van der Waals surface area contributed by atoms with Crippen LogP contribution in [0, 0.1) is 11.7 Å². The molecule has 0 amide bonds. The molecule has 8 heteroatoms. The van der Waals surface area contributed by atoms with Crippen LogP contribution in [0.1, 0.15) is 24.8 Å². The van der Waals surface area contributed by atoms with Gasteiger partial charge in [-0.25, -0.2) is 4.39 Å². The van der Waals surface area contributed by atoms with Crippen LogP contribution in [0.15, 0.2) is 28.4 Å². The SMILES string of the molecule is Nc1ccc(F)cc1CN1CCCC(CC2(C(F)(F)F)N=N2)C1. The zero-order valence-corrected chi connectivity index (χ0v) is 12.5. The van der Waals surface area contributed by atoms with E-state index in [1.54, 1.807) is 0 Å². The molecule has 0 aromatic heterocycles. The molecule has 2 aliphatic rings. The summed E-state index contributed by atoms with van der Waals surface area (Å²) in [7, 11) is 0. The molecule has 1 fully saturated rings. The lowest BCUT2D eigenvalue weighted by molar-refractivity contribution is -0.168. The van der Waals surface area contributed by atoms with Gasteiger partial charge in [-0.15, -0.1) is 10.2 Å². The molecule has 1 aromatic carbocycles. The molecule has 1 unspecified atom stereocenters. The Kier molecular flexibility index (Phi) is 4.03. The Morgan fingerprint density at radius 3 is 2.70 bits per heavy atom. The predicted octanol–water partition coefficient (Wildman–Crippen LogP) is 3.73. The Morgan fingerprint density at radius 2 is 2.04 bits per heavy atom. The molecule has 3 rings (SSSR count). The van der Waals surface area contributed by atoms with Crippen LogP contribution in [0.3, 0.4) is 0 Å². The number of nitrogens with two attached hydrogens (primary N) is 1. The van der Waals surface area contributed by atoms with Gasteiger partial charge in [-0.1, -0.05) is 0 Å². The van der Waals surface area contributed by atoms with Gasteiger partial charge in [0.1, 0.15) is 5.82 Å². The zero-order chi connectivity index (χ0) is 16.7. The summed E-state index contributed by atoms with van der Waals surface area (Å²) in [6.07, 6.45) is -3.00. The van der Waals surface area contributed by atoms with Crippen molar-refractivity contribution in [1.82, 2.24) is 4.90 Å². The molecule has 2 heterocycles. The first-order valence-corrected chi connectivity index (χ1v) is 7.56. The molecule has 1 saturated heterocycles. The summed E-state index contributed by atoms with van der Waals surface area (Å²) < 4.78 is 52.1. The molecule has 0 bridgehead atoms. The lowest BCUT2D eigenvalue weighted by atomic mass is 9.89. The molecule has 0 saturated carbocycles. The van der Waals surface area contributed by atoms with Gasteiger partial charge in [0, 0.05) is 25.2 Å². The van der Waals surface area contributed by atoms with Crippen molar-refractivity contribution < 1.29 is 17.6 Å². The van der Waals surface area contributed by atoms with Crippen LogP contribution in [0.2, 0.25) is 0 Å². The van der Waals surface area contributed by atoms with E-state index < -0.39 is 11.8 Å². The summed E-state index contributed by atoms with van der Waals surface area (Å²) in [6, 6.07) is 4.18. The average molecular weight is 330 g/mol. The van der Waals surface area contributed by atoms with Gasteiger partial charge in [0.15, 0.2) is 0 Å². The van der Waals surface area contributed by atoms with Crippen LogP contribution in [0.25, 0.3) is 0 Å². The standard InChI is InChI=1S/C15H18F4N4/c16-12-3-4-13(20)11(6-12)9-23-5-1-2-10(8-23)7-14(21-22-14)15(17,18)19/h3-4,6,10H,1-2,5,7-9,20H2. The maximum atomic E-state index is 13.3. The highest BCUT2D eigenvalue weighted by Gasteiger charge is 2.64. The van der Waals surface area contributed by atoms with Crippen molar-refractivity contribution in [2.75, 3.05) is 18.8 Å². The molecule has 2 N–H and O–H groups in total. The highest BCUT2D eigenvalue weighted by Crippen LogP contribution is 2.49. The summed E-state index contributed by atoms with van der Waals surface area (Å²) in [6.45, 7) is 1.71. The van der Waals surface area contributed by atoms with Gasteiger partial charge < -0.3 is 5.73 Å². The number of rotatable bonds is 4. The fourth-order valence-electron chi connectivity index (χ4n) is 3.19. The normalized spacial score (nSPS) is 23.9. The summed E-state index contributed by atoms with van der Waals surface area (Å²) in [5.41, 5.74) is 4.81. The molecule has 0 radical (unpaired) electrons. The van der Waals surface area contributed by atoms with Crippen molar-refractivity contribution >= 4 is 5.69 Å². The van der Waals surface area contributed by atoms with Gasteiger partial charge in [-0.05, 0) is 49.1 Å². The number of anilines is 1. The van der Waals surface area contributed by atoms with Gasteiger partial charge in [0.25, 0.3) is 5.66 Å². The third-order valence-electron chi connectivity index (χ3n) is 4.47. The van der Waals surface area contributed by atoms with Crippen LogP contribution in [0.5, 0.6) is 0 Å². The number of hydrogen-bond acceptors (Lipinski definition) is 4. The Labute approximate surface area is 131 Å². The number of halogens is 4. The highest BCUT2D eigenvalue weighted by atomic mass is 19.4. The number of alkyl halides is 3. The van der Waals surface area contributed by atoms with Crippen molar-refractivity contribution in [2.45, 2.75) is 37.6 Å². The fraction of sp³-hybridized carbons (Fsp3) is 0.600. The van der Waals surface area contributed by atoms with E-state index in [2.05, 4.69) is 10.2 Å². The van der Waals surface area contributed by atoms with Crippen LogP contribution >= 0.6 is 0 Å². The first kappa shape index (κ1) is 16.2. The fourth-order valence-corrected chi connectivity index (χ4v) is 3.19. The molecular weight excluding hydrogens is 312 g/mol. The molecule has 126 valence electrons. The maximum absolute atomic E-state index is 13.3. The van der Waals surface area contributed by atoms with Crippen molar-refractivity contribution in [2.24, 2.45) is 16.1 Å². The summed E-state index contributed by atoms with van der Waals surface area (Å²) in [4.78, 5) is 2.02. The number of benzene rings is 1. The van der Waals surface area contributed by atoms with E-state index in [0.29, 0.717) is 24.3 Å². The van der Waals surface area contributed by atoms with Gasteiger partial charge >= 0.3 is 6.18 Å². The first-order valence-electron chi connectivity index (χ1n) is 7.56. The summed E-state index contributed by atoms with van der Waals surface area (Å²) in [5.74, 6) is -0.496. The van der Waals surface area contributed by atoms with Crippen molar-refractivity contribution in [3.05, 3.63) is 29.6 Å². The Morgan fingerprint density at radius 1 is 1.30 bits per heavy atom. The molecule has 0 aliphatic carbocycles. The minimum Gasteiger partial charge on any atom is -0.398 e. The number of piperidine rings is 1. The minimum absolute atomic E-state index is 0.106. The van der Waals surface area contributed by atoms with Gasteiger partial charge in [-0.2, -0.15) is 13.2 Å². The third-order valence-corrected chi connectivity index (χ3v) is 4.47. The van der Waals surface area contributed by atoms with E-state index in [9.17, 15) is 17.6 Å². The van der Waals surface area contributed by atoms with Gasteiger partial charge in [0.05, 0.1) is 0 Å². The second-order valence-corrected chi connectivity index (χ2v) is 6.30. The monoisotopic (exact) mass is 330 g/mol. The largest absolute Gasteiger partial charge is 0.437 e. The highest BCUT2D eigenvalue weighted by molar-refractivity contribution is 5.46. The van der Waals surface area contributed by atoms with Crippen LogP contribution < -0.4 is 5.73 Å². The predicted molar refractivity (Wildman–Crippen MR) is 77.1 cm³/mol. The average Bonchev–Trinajstić information content (AvgIpc) is 3.24. The molecule has 23 heavy (non-hydrogen) atoms. The maximum Gasteiger partial charge on any atom is 0.437 e. The molecule has 2 aliphatic heterocycles. The van der Waals surface area contributed by atoms with E-state index in [4.69, 9.17) is 5.73 Å². The first-order chi connectivity index (χ1) is 10.8. The Balaban J connectivity index is 1.62. The number of likely N-dealkylation sites (tertiary alicyclic amines) is 1. The van der Waals surface area contributed by atoms with E-state index >= 15 is 0 Å². The molecule has 0 spiro atoms. The van der Waals surface area contributed by atoms with Crippen molar-refractivity contribution in [3.8, 4) is 0 Å².